The maximum Gasteiger partial charge on any atom is 0.277 e. The van der Waals surface area contributed by atoms with E-state index in [-0.39, 0.29) is 11.6 Å². The summed E-state index contributed by atoms with van der Waals surface area (Å²) in [5.74, 6) is 2.41. The first-order chi connectivity index (χ1) is 20.4. The normalized spacial score (nSPS) is 16.5. The van der Waals surface area contributed by atoms with Gasteiger partial charge in [0.1, 0.15) is 23.0 Å². The molecule has 2 saturated heterocycles. The van der Waals surface area contributed by atoms with E-state index in [1.807, 2.05) is 24.3 Å². The molecule has 1 amide bonds. The molecule has 0 unspecified atom stereocenters. The van der Waals surface area contributed by atoms with Gasteiger partial charge in [-0.1, -0.05) is 0 Å². The zero-order chi connectivity index (χ0) is 29.7. The van der Waals surface area contributed by atoms with Crippen molar-refractivity contribution in [3.8, 4) is 11.5 Å². The van der Waals surface area contributed by atoms with Crippen molar-refractivity contribution in [1.29, 1.82) is 0 Å². The van der Waals surface area contributed by atoms with Crippen LogP contribution in [0.1, 0.15) is 34.6 Å². The van der Waals surface area contributed by atoms with Gasteiger partial charge in [0.15, 0.2) is 5.82 Å². The first kappa shape index (κ1) is 31.2. The minimum atomic E-state index is -0.342. The molecule has 3 aromatic rings. The summed E-state index contributed by atoms with van der Waals surface area (Å²) in [6.07, 6.45) is 7.05. The first-order valence-electron chi connectivity index (χ1n) is 14.7. The quantitative estimate of drug-likeness (QED) is 0.366. The van der Waals surface area contributed by atoms with E-state index in [9.17, 15) is 4.79 Å². The van der Waals surface area contributed by atoms with Crippen LogP contribution in [0.25, 0.3) is 0 Å². The van der Waals surface area contributed by atoms with Crippen LogP contribution in [0.2, 0.25) is 0 Å². The Kier molecular flexibility index (Phi) is 11.9. The van der Waals surface area contributed by atoms with Crippen LogP contribution in [0.5, 0.6) is 11.5 Å². The Hall–Kier alpha value is -3.74. The Morgan fingerprint density at radius 2 is 1.62 bits per heavy atom. The summed E-state index contributed by atoms with van der Waals surface area (Å²) in [5.41, 5.74) is 2.25. The van der Waals surface area contributed by atoms with E-state index >= 15 is 0 Å². The Morgan fingerprint density at radius 1 is 0.857 bits per heavy atom. The minimum absolute atomic E-state index is 0.253. The van der Waals surface area contributed by atoms with Crippen molar-refractivity contribution in [1.82, 2.24) is 35.3 Å². The average molecular weight is 580 g/mol. The summed E-state index contributed by atoms with van der Waals surface area (Å²) in [4.78, 5) is 28.3. The van der Waals surface area contributed by atoms with E-state index < -0.39 is 0 Å². The van der Waals surface area contributed by atoms with Gasteiger partial charge in [-0.15, -0.1) is 0 Å². The standard InChI is InChI=1S/C24H31N7O3.C6H14N2/c1-30-7-4-8-31(10-9-30)23-16-25-21(15-26-23)24(32)27-22-13-18(28-29-22)6-5-17-11-19(33-2)14-20(12-17)34-3;1-8-5-2-3-7-4-6-8/h11-16H,4-10H2,1-3H3,(H2,27,28,29,32);7H,2-6H2,1H3. The third kappa shape index (κ3) is 9.68. The fourth-order valence-corrected chi connectivity index (χ4v) is 4.88. The van der Waals surface area contributed by atoms with Gasteiger partial charge >= 0.3 is 0 Å². The van der Waals surface area contributed by atoms with Gasteiger partial charge in [-0.3, -0.25) is 9.89 Å². The molecule has 2 fully saturated rings. The predicted molar refractivity (Wildman–Crippen MR) is 165 cm³/mol. The highest BCUT2D eigenvalue weighted by Gasteiger charge is 2.16. The number of hydrogen-bond acceptors (Lipinski definition) is 10. The molecule has 0 saturated carbocycles. The van der Waals surface area contributed by atoms with Gasteiger partial charge in [0, 0.05) is 50.6 Å². The Balaban J connectivity index is 0.000000437. The Morgan fingerprint density at radius 3 is 2.36 bits per heavy atom. The maximum atomic E-state index is 12.6. The molecule has 12 heteroatoms. The lowest BCUT2D eigenvalue weighted by molar-refractivity contribution is 0.102. The SMILES string of the molecule is CN1CCCNCC1.COc1cc(CCc2cc(NC(=O)c3cnc(N4CCCN(C)CC4)cn3)n[nH]2)cc(OC)c1. The lowest BCUT2D eigenvalue weighted by Crippen LogP contribution is -2.29. The molecule has 0 aliphatic carbocycles. The summed E-state index contributed by atoms with van der Waals surface area (Å²) in [6.45, 7) is 8.72. The Labute approximate surface area is 248 Å². The smallest absolute Gasteiger partial charge is 0.277 e. The number of benzene rings is 1. The van der Waals surface area contributed by atoms with Crippen LogP contribution in [0.15, 0.2) is 36.7 Å². The van der Waals surface area contributed by atoms with Gasteiger partial charge < -0.3 is 34.8 Å². The van der Waals surface area contributed by atoms with Crippen molar-refractivity contribution in [2.45, 2.75) is 25.7 Å². The first-order valence-corrected chi connectivity index (χ1v) is 14.7. The van der Waals surface area contributed by atoms with E-state index in [1.54, 1.807) is 20.4 Å². The minimum Gasteiger partial charge on any atom is -0.497 e. The van der Waals surface area contributed by atoms with Gasteiger partial charge in [-0.05, 0) is 77.1 Å². The molecular formula is C30H45N9O3. The molecule has 5 rings (SSSR count). The molecule has 2 aliphatic heterocycles. The molecule has 1 aromatic carbocycles. The van der Waals surface area contributed by atoms with Crippen LogP contribution in [0.4, 0.5) is 11.6 Å². The van der Waals surface area contributed by atoms with E-state index in [2.05, 4.69) is 59.6 Å². The number of hydrogen-bond donors (Lipinski definition) is 3. The summed E-state index contributed by atoms with van der Waals surface area (Å²) in [5, 5.41) is 13.3. The van der Waals surface area contributed by atoms with Gasteiger partial charge in [0.05, 0.1) is 26.6 Å². The summed E-state index contributed by atoms with van der Waals surface area (Å²) in [7, 11) is 7.56. The van der Waals surface area contributed by atoms with Crippen molar-refractivity contribution < 1.29 is 14.3 Å². The molecule has 0 bridgehead atoms. The number of nitrogens with one attached hydrogen (secondary N) is 3. The van der Waals surface area contributed by atoms with Gasteiger partial charge in [0.25, 0.3) is 5.91 Å². The largest absolute Gasteiger partial charge is 0.497 e. The number of carbonyl (C=O) groups is 1. The fraction of sp³-hybridized carbons (Fsp3) is 0.533. The number of rotatable bonds is 8. The molecular weight excluding hydrogens is 534 g/mol. The van der Waals surface area contributed by atoms with Gasteiger partial charge in [-0.2, -0.15) is 5.10 Å². The van der Waals surface area contributed by atoms with Crippen LogP contribution in [0, 0.1) is 0 Å². The third-order valence-electron chi connectivity index (χ3n) is 7.44. The van der Waals surface area contributed by atoms with Crippen LogP contribution in [-0.2, 0) is 12.8 Å². The van der Waals surface area contributed by atoms with Crippen LogP contribution in [0.3, 0.4) is 0 Å². The maximum absolute atomic E-state index is 12.6. The van der Waals surface area contributed by atoms with Crippen LogP contribution < -0.4 is 25.0 Å². The molecule has 12 nitrogen and oxygen atoms in total. The number of H-pyrrole nitrogens is 1. The molecule has 2 aliphatic rings. The summed E-state index contributed by atoms with van der Waals surface area (Å²) >= 11 is 0. The van der Waals surface area contributed by atoms with Gasteiger partial charge in [0.2, 0.25) is 0 Å². The molecule has 42 heavy (non-hydrogen) atoms. The lowest BCUT2D eigenvalue weighted by atomic mass is 10.1. The number of carbonyl (C=O) groups excluding carboxylic acids is 1. The van der Waals surface area contributed by atoms with Crippen molar-refractivity contribution in [3.63, 3.8) is 0 Å². The number of aromatic amines is 1. The average Bonchev–Trinajstić information content (AvgIpc) is 3.16. The monoisotopic (exact) mass is 579 g/mol. The highest BCUT2D eigenvalue weighted by molar-refractivity contribution is 6.02. The van der Waals surface area contributed by atoms with Crippen LogP contribution >= 0.6 is 0 Å². The molecule has 0 spiro atoms. The summed E-state index contributed by atoms with van der Waals surface area (Å²) in [6, 6.07) is 7.63. The topological polar surface area (TPSA) is 124 Å². The van der Waals surface area contributed by atoms with E-state index in [1.165, 1.54) is 32.3 Å². The second kappa shape index (κ2) is 16.0. The van der Waals surface area contributed by atoms with Crippen molar-refractivity contribution in [3.05, 3.63) is 53.6 Å². The molecule has 228 valence electrons. The number of aryl methyl sites for hydroxylation is 2. The second-order valence-electron chi connectivity index (χ2n) is 10.8. The number of aromatic nitrogens is 4. The predicted octanol–water partition coefficient (Wildman–Crippen LogP) is 2.31. The molecule has 0 radical (unpaired) electrons. The van der Waals surface area contributed by atoms with E-state index in [0.717, 1.165) is 80.6 Å². The molecule has 4 heterocycles. The lowest BCUT2D eigenvalue weighted by Gasteiger charge is -2.21. The highest BCUT2D eigenvalue weighted by Crippen LogP contribution is 2.23. The number of methoxy groups -OCH3 is 2. The van der Waals surface area contributed by atoms with Crippen molar-refractivity contribution >= 4 is 17.5 Å². The van der Waals surface area contributed by atoms with Crippen molar-refractivity contribution in [2.75, 3.05) is 90.9 Å². The Bertz CT molecular complexity index is 1220. The number of amides is 1. The number of anilines is 2. The molecule has 0 atom stereocenters. The molecule has 3 N–H and O–H groups in total. The van der Waals surface area contributed by atoms with Crippen molar-refractivity contribution in [2.24, 2.45) is 0 Å². The summed E-state index contributed by atoms with van der Waals surface area (Å²) < 4.78 is 10.7. The zero-order valence-corrected chi connectivity index (χ0v) is 25.4. The fourth-order valence-electron chi connectivity index (χ4n) is 4.88. The van der Waals surface area contributed by atoms with Gasteiger partial charge in [-0.25, -0.2) is 9.97 Å². The zero-order valence-electron chi connectivity index (χ0n) is 25.4. The second-order valence-corrected chi connectivity index (χ2v) is 10.8. The van der Waals surface area contributed by atoms with Crippen LogP contribution in [-0.4, -0.2) is 117 Å². The number of nitrogens with zero attached hydrogens (tertiary/aromatic N) is 6. The van der Waals surface area contributed by atoms with E-state index in [0.29, 0.717) is 5.82 Å². The van der Waals surface area contributed by atoms with E-state index in [4.69, 9.17) is 9.47 Å². The highest BCUT2D eigenvalue weighted by atomic mass is 16.5. The number of likely N-dealkylation sites (N-methyl/N-ethyl adjacent to an activating group) is 2. The third-order valence-corrected chi connectivity index (χ3v) is 7.44. The molecule has 2 aromatic heterocycles. The number of ether oxygens (including phenoxy) is 2.